The first-order chi connectivity index (χ1) is 16.8. The zero-order chi connectivity index (χ0) is 23.1. The maximum Gasteiger partial charge on any atom is 0.0843 e. The summed E-state index contributed by atoms with van der Waals surface area (Å²) in [4.78, 5) is 0. The van der Waals surface area contributed by atoms with E-state index in [0.29, 0.717) is 13.1 Å². The lowest BCUT2D eigenvalue weighted by atomic mass is 10.0. The van der Waals surface area contributed by atoms with Crippen molar-refractivity contribution in [1.29, 1.82) is 0 Å². The molecule has 0 saturated heterocycles. The SMILES string of the molecule is CC#CCn1c2ccccc2c2cc(-c3ccc4c(c3)c3ccccc3n4CC#CC)ccc21. The second kappa shape index (κ2) is 8.18. The van der Waals surface area contributed by atoms with Crippen molar-refractivity contribution in [3.63, 3.8) is 0 Å². The van der Waals surface area contributed by atoms with Crippen LogP contribution in [0.1, 0.15) is 13.8 Å². The highest BCUT2D eigenvalue weighted by Crippen LogP contribution is 2.36. The molecule has 2 aromatic heterocycles. The van der Waals surface area contributed by atoms with E-state index in [9.17, 15) is 0 Å². The third kappa shape index (κ3) is 3.08. The smallest absolute Gasteiger partial charge is 0.0843 e. The monoisotopic (exact) mass is 436 g/mol. The molecule has 0 bridgehead atoms. The van der Waals surface area contributed by atoms with Gasteiger partial charge in [0.1, 0.15) is 0 Å². The van der Waals surface area contributed by atoms with Crippen LogP contribution >= 0.6 is 0 Å². The minimum atomic E-state index is 0.700. The third-order valence-electron chi connectivity index (χ3n) is 6.71. The molecule has 4 aromatic carbocycles. The molecule has 0 aliphatic heterocycles. The zero-order valence-corrected chi connectivity index (χ0v) is 19.4. The molecular formula is C32H24N2. The maximum absolute atomic E-state index is 3.24. The summed E-state index contributed by atoms with van der Waals surface area (Å²) >= 11 is 0. The van der Waals surface area contributed by atoms with E-state index in [4.69, 9.17) is 0 Å². The fraction of sp³-hybridized carbons (Fsp3) is 0.125. The van der Waals surface area contributed by atoms with Crippen LogP contribution in [0, 0.1) is 23.7 Å². The number of fused-ring (bicyclic) bond motifs is 6. The molecule has 0 unspecified atom stereocenters. The van der Waals surface area contributed by atoms with Crippen LogP contribution in [-0.4, -0.2) is 9.13 Å². The van der Waals surface area contributed by atoms with Gasteiger partial charge in [0.25, 0.3) is 0 Å². The van der Waals surface area contributed by atoms with Crippen molar-refractivity contribution in [2.45, 2.75) is 26.9 Å². The van der Waals surface area contributed by atoms with E-state index < -0.39 is 0 Å². The van der Waals surface area contributed by atoms with E-state index in [1.165, 1.54) is 54.7 Å². The molecular weight excluding hydrogens is 412 g/mol. The van der Waals surface area contributed by atoms with Crippen molar-refractivity contribution in [1.82, 2.24) is 9.13 Å². The van der Waals surface area contributed by atoms with Gasteiger partial charge in [-0.2, -0.15) is 0 Å². The number of hydrogen-bond acceptors (Lipinski definition) is 0. The fourth-order valence-electron chi connectivity index (χ4n) is 5.12. The van der Waals surface area contributed by atoms with Gasteiger partial charge in [0, 0.05) is 32.6 Å². The number of benzene rings is 4. The Hall–Kier alpha value is -4.40. The van der Waals surface area contributed by atoms with Crippen LogP contribution in [0.15, 0.2) is 84.9 Å². The Balaban J connectivity index is 1.57. The minimum absolute atomic E-state index is 0.700. The van der Waals surface area contributed by atoms with Crippen LogP contribution in [-0.2, 0) is 13.1 Å². The second-order valence-corrected chi connectivity index (χ2v) is 8.52. The summed E-state index contributed by atoms with van der Waals surface area (Å²) in [6.45, 7) is 5.19. The van der Waals surface area contributed by atoms with Gasteiger partial charge in [0.05, 0.1) is 24.1 Å². The van der Waals surface area contributed by atoms with Crippen LogP contribution in [0.5, 0.6) is 0 Å². The highest BCUT2D eigenvalue weighted by atomic mass is 15.0. The highest BCUT2D eigenvalue weighted by molar-refractivity contribution is 6.11. The second-order valence-electron chi connectivity index (χ2n) is 8.52. The molecule has 0 aliphatic rings. The first kappa shape index (κ1) is 20.2. The van der Waals surface area contributed by atoms with E-state index in [1.54, 1.807) is 0 Å². The molecule has 34 heavy (non-hydrogen) atoms. The van der Waals surface area contributed by atoms with Gasteiger partial charge < -0.3 is 9.13 Å². The topological polar surface area (TPSA) is 9.86 Å². The molecule has 0 saturated carbocycles. The van der Waals surface area contributed by atoms with Gasteiger partial charge in [-0.1, -0.05) is 60.4 Å². The first-order valence-corrected chi connectivity index (χ1v) is 11.6. The molecule has 0 radical (unpaired) electrons. The molecule has 0 spiro atoms. The number of nitrogens with zero attached hydrogens (tertiary/aromatic N) is 2. The standard InChI is InChI=1S/C32H24N2/c1-3-5-19-33-29-13-9-7-11-25(29)27-21-23(15-17-31(27)33)24-16-18-32-28(22-24)26-12-8-10-14-30(26)34(32)20-6-4-2/h7-18,21-22H,19-20H2,1-2H3. The van der Waals surface area contributed by atoms with Gasteiger partial charge in [-0.15, -0.1) is 11.8 Å². The molecule has 162 valence electrons. The summed E-state index contributed by atoms with van der Waals surface area (Å²) in [6, 6.07) is 30.8. The predicted molar refractivity (Wildman–Crippen MR) is 145 cm³/mol. The van der Waals surface area contributed by atoms with Gasteiger partial charge >= 0.3 is 0 Å². The lowest BCUT2D eigenvalue weighted by Gasteiger charge is -2.06. The summed E-state index contributed by atoms with van der Waals surface area (Å²) in [5.74, 6) is 12.5. The molecule has 6 rings (SSSR count). The lowest BCUT2D eigenvalue weighted by Crippen LogP contribution is -1.95. The Morgan fingerprint density at radius 3 is 1.35 bits per heavy atom. The van der Waals surface area contributed by atoms with Gasteiger partial charge in [-0.25, -0.2) is 0 Å². The Bertz CT molecular complexity index is 1700. The summed E-state index contributed by atoms with van der Waals surface area (Å²) in [5, 5.41) is 5.08. The summed E-state index contributed by atoms with van der Waals surface area (Å²) in [7, 11) is 0. The minimum Gasteiger partial charge on any atom is -0.329 e. The molecule has 0 atom stereocenters. The Morgan fingerprint density at radius 2 is 0.912 bits per heavy atom. The van der Waals surface area contributed by atoms with Gasteiger partial charge in [-0.3, -0.25) is 0 Å². The normalized spacial score (nSPS) is 11.0. The number of aromatic nitrogens is 2. The third-order valence-corrected chi connectivity index (χ3v) is 6.71. The van der Waals surface area contributed by atoms with Crippen LogP contribution in [0.3, 0.4) is 0 Å². The molecule has 2 heteroatoms. The van der Waals surface area contributed by atoms with Crippen LogP contribution in [0.2, 0.25) is 0 Å². The van der Waals surface area contributed by atoms with Crippen LogP contribution in [0.4, 0.5) is 0 Å². The summed E-state index contributed by atoms with van der Waals surface area (Å²) in [6.07, 6.45) is 0. The van der Waals surface area contributed by atoms with E-state index in [0.717, 1.165) is 0 Å². The van der Waals surface area contributed by atoms with Crippen molar-refractivity contribution in [3.05, 3.63) is 84.9 Å². The largest absolute Gasteiger partial charge is 0.329 e. The molecule has 0 N–H and O–H groups in total. The maximum atomic E-state index is 3.24. The van der Waals surface area contributed by atoms with Gasteiger partial charge in [-0.05, 0) is 61.4 Å². The van der Waals surface area contributed by atoms with Crippen molar-refractivity contribution in [2.75, 3.05) is 0 Å². The molecule has 0 fully saturated rings. The average Bonchev–Trinajstić information content (AvgIpc) is 3.38. The fourth-order valence-corrected chi connectivity index (χ4v) is 5.12. The summed E-state index contributed by atoms with van der Waals surface area (Å²) < 4.78 is 4.63. The number of rotatable bonds is 3. The van der Waals surface area contributed by atoms with Gasteiger partial charge in [0.2, 0.25) is 0 Å². The molecule has 2 nitrogen and oxygen atoms in total. The van der Waals surface area contributed by atoms with E-state index in [1.807, 2.05) is 13.8 Å². The highest BCUT2D eigenvalue weighted by Gasteiger charge is 2.13. The van der Waals surface area contributed by atoms with Crippen LogP contribution in [0.25, 0.3) is 54.7 Å². The summed E-state index contributed by atoms with van der Waals surface area (Å²) in [5.41, 5.74) is 7.36. The quantitative estimate of drug-likeness (QED) is 0.253. The Morgan fingerprint density at radius 1 is 0.500 bits per heavy atom. The molecule has 0 aliphatic carbocycles. The van der Waals surface area contributed by atoms with E-state index in [-0.39, 0.29) is 0 Å². The van der Waals surface area contributed by atoms with Crippen molar-refractivity contribution >= 4 is 43.6 Å². The van der Waals surface area contributed by atoms with Crippen molar-refractivity contribution in [3.8, 4) is 34.8 Å². The van der Waals surface area contributed by atoms with Crippen molar-refractivity contribution in [2.24, 2.45) is 0 Å². The van der Waals surface area contributed by atoms with E-state index in [2.05, 4.69) is 118 Å². The Labute approximate surface area is 199 Å². The molecule has 6 aromatic rings. The average molecular weight is 437 g/mol. The number of hydrogen-bond donors (Lipinski definition) is 0. The molecule has 0 amide bonds. The van der Waals surface area contributed by atoms with Crippen molar-refractivity contribution < 1.29 is 0 Å². The molecule has 2 heterocycles. The van der Waals surface area contributed by atoms with Crippen LogP contribution < -0.4 is 0 Å². The van der Waals surface area contributed by atoms with E-state index >= 15 is 0 Å². The lowest BCUT2D eigenvalue weighted by molar-refractivity contribution is 0.923. The van der Waals surface area contributed by atoms with Gasteiger partial charge in [0.15, 0.2) is 0 Å². The Kier molecular flexibility index (Phi) is 4.87. The first-order valence-electron chi connectivity index (χ1n) is 11.6. The predicted octanol–water partition coefficient (Wildman–Crippen LogP) is 7.62. The zero-order valence-electron chi connectivity index (χ0n) is 19.4. The number of para-hydroxylation sites is 2.